The highest BCUT2D eigenvalue weighted by Gasteiger charge is 2.20. The van der Waals surface area contributed by atoms with E-state index in [0.717, 1.165) is 34.8 Å². The number of fused-ring (bicyclic) bond motifs is 3. The number of likely N-dealkylation sites (tertiary alicyclic amines) is 1. The van der Waals surface area contributed by atoms with Crippen LogP contribution in [0.2, 0.25) is 0 Å². The Kier molecular flexibility index (Phi) is 5.33. The lowest BCUT2D eigenvalue weighted by Gasteiger charge is -2.31. The van der Waals surface area contributed by atoms with Gasteiger partial charge in [0.2, 0.25) is 0 Å². The van der Waals surface area contributed by atoms with Crippen molar-refractivity contribution in [3.63, 3.8) is 0 Å². The van der Waals surface area contributed by atoms with Crippen LogP contribution in [0.5, 0.6) is 0 Å². The standard InChI is InChI=1S/C26H28N4/c27-26-25-23(22-11-5-6-12-24(22)29-26)16-20(17-28-25)21(15-19-9-3-1-4-10-19)18-30-13-7-2-8-14-30/h1,3-6,9-12,16-17,21H,2,7-8,13-15,18H2,(H2,27,29). The Bertz CT molecular complexity index is 1150. The van der Waals surface area contributed by atoms with Crippen LogP contribution in [-0.2, 0) is 6.42 Å². The highest BCUT2D eigenvalue weighted by atomic mass is 15.1. The summed E-state index contributed by atoms with van der Waals surface area (Å²) in [4.78, 5) is 12.0. The molecule has 4 heteroatoms. The monoisotopic (exact) mass is 396 g/mol. The molecule has 30 heavy (non-hydrogen) atoms. The number of benzene rings is 2. The van der Waals surface area contributed by atoms with E-state index in [2.05, 4.69) is 58.4 Å². The molecule has 1 atom stereocenters. The van der Waals surface area contributed by atoms with Gasteiger partial charge in [0.25, 0.3) is 0 Å². The lowest BCUT2D eigenvalue weighted by Crippen LogP contribution is -2.34. The number of hydrogen-bond acceptors (Lipinski definition) is 4. The third-order valence-electron chi connectivity index (χ3n) is 6.31. The highest BCUT2D eigenvalue weighted by Crippen LogP contribution is 2.31. The van der Waals surface area contributed by atoms with Crippen LogP contribution in [0.4, 0.5) is 5.82 Å². The van der Waals surface area contributed by atoms with Gasteiger partial charge in [-0.2, -0.15) is 0 Å². The molecule has 1 aliphatic heterocycles. The smallest absolute Gasteiger partial charge is 0.150 e. The molecule has 2 aromatic heterocycles. The Morgan fingerprint density at radius 3 is 2.50 bits per heavy atom. The molecule has 1 saturated heterocycles. The molecule has 0 saturated carbocycles. The molecule has 5 rings (SSSR count). The largest absolute Gasteiger partial charge is 0.382 e. The maximum atomic E-state index is 6.24. The van der Waals surface area contributed by atoms with Gasteiger partial charge in [-0.05, 0) is 55.6 Å². The molecule has 0 amide bonds. The highest BCUT2D eigenvalue weighted by molar-refractivity contribution is 6.08. The van der Waals surface area contributed by atoms with Crippen molar-refractivity contribution in [2.75, 3.05) is 25.4 Å². The number of nitrogen functional groups attached to an aromatic ring is 1. The molecule has 3 heterocycles. The summed E-state index contributed by atoms with van der Waals surface area (Å²) in [6, 6.07) is 21.3. The summed E-state index contributed by atoms with van der Waals surface area (Å²) in [5.41, 5.74) is 10.6. The van der Waals surface area contributed by atoms with Crippen LogP contribution in [0.1, 0.15) is 36.3 Å². The average molecular weight is 397 g/mol. The van der Waals surface area contributed by atoms with E-state index in [0.29, 0.717) is 11.7 Å². The van der Waals surface area contributed by atoms with E-state index in [9.17, 15) is 0 Å². The summed E-state index contributed by atoms with van der Waals surface area (Å²) in [5, 5.41) is 2.22. The van der Waals surface area contributed by atoms with Gasteiger partial charge in [-0.3, -0.25) is 4.98 Å². The van der Waals surface area contributed by atoms with Crippen LogP contribution in [0, 0.1) is 0 Å². The number of rotatable bonds is 5. The molecule has 4 aromatic rings. The first-order valence-corrected chi connectivity index (χ1v) is 11.0. The van der Waals surface area contributed by atoms with Gasteiger partial charge in [0.05, 0.1) is 5.52 Å². The third-order valence-corrected chi connectivity index (χ3v) is 6.31. The maximum Gasteiger partial charge on any atom is 0.150 e. The zero-order valence-electron chi connectivity index (χ0n) is 17.3. The molecule has 1 unspecified atom stereocenters. The molecule has 0 spiro atoms. The molecular weight excluding hydrogens is 368 g/mol. The van der Waals surface area contributed by atoms with E-state index >= 15 is 0 Å². The molecule has 4 nitrogen and oxygen atoms in total. The number of pyridine rings is 2. The SMILES string of the molecule is Nc1nc2ccccc2c2cc(C(Cc3ccccc3)CN3CCCCC3)cnc12. The van der Waals surface area contributed by atoms with E-state index < -0.39 is 0 Å². The molecule has 2 N–H and O–H groups in total. The molecule has 0 bridgehead atoms. The van der Waals surface area contributed by atoms with E-state index in [4.69, 9.17) is 10.7 Å². The van der Waals surface area contributed by atoms with Crippen molar-refractivity contribution in [3.8, 4) is 0 Å². The Morgan fingerprint density at radius 2 is 1.67 bits per heavy atom. The van der Waals surface area contributed by atoms with E-state index in [1.54, 1.807) is 0 Å². The summed E-state index contributed by atoms with van der Waals surface area (Å²) in [6.07, 6.45) is 7.01. The van der Waals surface area contributed by atoms with Crippen molar-refractivity contribution in [1.29, 1.82) is 0 Å². The Morgan fingerprint density at radius 1 is 0.900 bits per heavy atom. The minimum atomic E-state index is 0.399. The fraction of sp³-hybridized carbons (Fsp3) is 0.308. The second-order valence-corrected chi connectivity index (χ2v) is 8.43. The van der Waals surface area contributed by atoms with Crippen LogP contribution in [0.25, 0.3) is 21.8 Å². The van der Waals surface area contributed by atoms with Gasteiger partial charge in [-0.1, -0.05) is 55.0 Å². The topological polar surface area (TPSA) is 55.0 Å². The van der Waals surface area contributed by atoms with Crippen molar-refractivity contribution in [1.82, 2.24) is 14.9 Å². The quantitative estimate of drug-likeness (QED) is 0.472. The normalized spacial score (nSPS) is 16.1. The van der Waals surface area contributed by atoms with Gasteiger partial charge >= 0.3 is 0 Å². The first-order chi connectivity index (χ1) is 14.8. The van der Waals surface area contributed by atoms with Crippen LogP contribution in [-0.4, -0.2) is 34.5 Å². The fourth-order valence-electron chi connectivity index (χ4n) is 4.74. The molecule has 152 valence electrons. The molecule has 0 radical (unpaired) electrons. The zero-order valence-corrected chi connectivity index (χ0v) is 17.3. The van der Waals surface area contributed by atoms with Crippen molar-refractivity contribution < 1.29 is 0 Å². The Hall–Kier alpha value is -2.98. The third kappa shape index (κ3) is 3.88. The number of nitrogens with zero attached hydrogens (tertiary/aromatic N) is 3. The Balaban J connectivity index is 1.57. The summed E-state index contributed by atoms with van der Waals surface area (Å²) < 4.78 is 0. The second-order valence-electron chi connectivity index (χ2n) is 8.43. The molecular formula is C26H28N4. The number of anilines is 1. The first kappa shape index (κ1) is 19.0. The van der Waals surface area contributed by atoms with Gasteiger partial charge in [-0.15, -0.1) is 0 Å². The van der Waals surface area contributed by atoms with E-state index in [1.807, 2.05) is 18.3 Å². The number of para-hydroxylation sites is 1. The predicted molar refractivity (Wildman–Crippen MR) is 125 cm³/mol. The van der Waals surface area contributed by atoms with E-state index in [-0.39, 0.29) is 0 Å². The van der Waals surface area contributed by atoms with Gasteiger partial charge in [0.1, 0.15) is 5.52 Å². The lowest BCUT2D eigenvalue weighted by atomic mass is 9.90. The molecule has 2 aromatic carbocycles. The van der Waals surface area contributed by atoms with Crippen LogP contribution in [0.15, 0.2) is 66.9 Å². The minimum Gasteiger partial charge on any atom is -0.382 e. The first-order valence-electron chi connectivity index (χ1n) is 11.0. The van der Waals surface area contributed by atoms with Gasteiger partial charge in [0.15, 0.2) is 5.82 Å². The summed E-state index contributed by atoms with van der Waals surface area (Å²) in [7, 11) is 0. The molecule has 0 aliphatic carbocycles. The zero-order chi connectivity index (χ0) is 20.3. The lowest BCUT2D eigenvalue weighted by molar-refractivity contribution is 0.215. The summed E-state index contributed by atoms with van der Waals surface area (Å²) >= 11 is 0. The molecule has 1 fully saturated rings. The van der Waals surface area contributed by atoms with Crippen molar-refractivity contribution in [3.05, 3.63) is 78.0 Å². The van der Waals surface area contributed by atoms with Gasteiger partial charge in [0, 0.05) is 29.4 Å². The number of piperidine rings is 1. The van der Waals surface area contributed by atoms with Crippen molar-refractivity contribution in [2.45, 2.75) is 31.6 Å². The van der Waals surface area contributed by atoms with Crippen LogP contribution >= 0.6 is 0 Å². The number of nitrogens with two attached hydrogens (primary N) is 1. The van der Waals surface area contributed by atoms with Crippen LogP contribution in [0.3, 0.4) is 0 Å². The predicted octanol–water partition coefficient (Wildman–Crippen LogP) is 5.18. The van der Waals surface area contributed by atoms with E-state index in [1.165, 1.54) is 43.5 Å². The van der Waals surface area contributed by atoms with Gasteiger partial charge < -0.3 is 10.6 Å². The number of aromatic nitrogens is 2. The number of hydrogen-bond donors (Lipinski definition) is 1. The summed E-state index contributed by atoms with van der Waals surface area (Å²) in [6.45, 7) is 3.47. The Labute approximate surface area is 177 Å². The van der Waals surface area contributed by atoms with Crippen molar-refractivity contribution in [2.24, 2.45) is 0 Å². The fourth-order valence-corrected chi connectivity index (χ4v) is 4.74. The molecule has 1 aliphatic rings. The second kappa shape index (κ2) is 8.41. The average Bonchev–Trinajstić information content (AvgIpc) is 2.80. The van der Waals surface area contributed by atoms with Gasteiger partial charge in [-0.25, -0.2) is 4.98 Å². The van der Waals surface area contributed by atoms with Crippen molar-refractivity contribution >= 4 is 27.6 Å². The van der Waals surface area contributed by atoms with Crippen LogP contribution < -0.4 is 5.73 Å². The maximum absolute atomic E-state index is 6.24. The minimum absolute atomic E-state index is 0.399. The summed E-state index contributed by atoms with van der Waals surface area (Å²) in [5.74, 6) is 0.904.